The summed E-state index contributed by atoms with van der Waals surface area (Å²) in [5, 5.41) is 7.26. The van der Waals surface area contributed by atoms with E-state index in [1.807, 2.05) is 6.92 Å². The Kier molecular flexibility index (Phi) is 7.14. The summed E-state index contributed by atoms with van der Waals surface area (Å²) in [6, 6.07) is -0.608. The van der Waals surface area contributed by atoms with Gasteiger partial charge >= 0.3 is 12.0 Å². The summed E-state index contributed by atoms with van der Waals surface area (Å²) < 4.78 is 4.83. The smallest absolute Gasteiger partial charge is 0.325 e. The molecule has 0 heterocycles. The maximum Gasteiger partial charge on any atom is 0.325 e. The summed E-state index contributed by atoms with van der Waals surface area (Å²) in [6.07, 6.45) is 9.61. The second-order valence-electron chi connectivity index (χ2n) is 9.19. The minimum atomic E-state index is -0.702. The van der Waals surface area contributed by atoms with Crippen LogP contribution in [0.5, 0.6) is 0 Å². The van der Waals surface area contributed by atoms with Crippen LogP contribution in [0.25, 0.3) is 0 Å². The molecule has 0 atom stereocenters. The third-order valence-corrected chi connectivity index (χ3v) is 6.56. The normalized spacial score (nSPS) is 29.2. The highest BCUT2D eigenvalue weighted by Crippen LogP contribution is 2.61. The molecule has 4 amide bonds. The van der Waals surface area contributed by atoms with Crippen LogP contribution in [-0.2, 0) is 19.1 Å². The van der Waals surface area contributed by atoms with Gasteiger partial charge in [0, 0.05) is 13.0 Å². The Balaban J connectivity index is 1.31. The molecule has 0 aliphatic heterocycles. The standard InChI is InChI=1S/C21H33N3O5/c1-2-3-4-22-20(28)24-18(26)13-29-19(27)12-23-17(25)11-21-8-14-5-15(9-21)7-16(6-14)10-21/h14-16H,2-13H2,1H3,(H,23,25)(H2,22,24,26,28). The number of carbonyl (C=O) groups excluding carboxylic acids is 4. The molecule has 3 N–H and O–H groups in total. The molecule has 0 radical (unpaired) electrons. The largest absolute Gasteiger partial charge is 0.454 e. The number of urea groups is 1. The van der Waals surface area contributed by atoms with E-state index in [-0.39, 0.29) is 17.9 Å². The molecule has 0 aromatic rings. The molecular formula is C21H33N3O5. The number of unbranched alkanes of at least 4 members (excludes halogenated alkanes) is 1. The lowest BCUT2D eigenvalue weighted by Crippen LogP contribution is -2.48. The predicted octanol–water partition coefficient (Wildman–Crippen LogP) is 1.88. The molecular weight excluding hydrogens is 374 g/mol. The fourth-order valence-electron chi connectivity index (χ4n) is 5.86. The molecule has 4 saturated carbocycles. The second kappa shape index (κ2) is 9.59. The zero-order valence-electron chi connectivity index (χ0n) is 17.3. The van der Waals surface area contributed by atoms with E-state index in [2.05, 4.69) is 16.0 Å². The van der Waals surface area contributed by atoms with Crippen LogP contribution in [0, 0.1) is 23.2 Å². The van der Waals surface area contributed by atoms with Crippen LogP contribution in [0.4, 0.5) is 4.79 Å². The highest BCUT2D eigenvalue weighted by molar-refractivity contribution is 5.95. The fraction of sp³-hybridized carbons (Fsp3) is 0.810. The molecule has 4 aliphatic rings. The first-order valence-corrected chi connectivity index (χ1v) is 10.9. The molecule has 0 aromatic carbocycles. The molecule has 8 nitrogen and oxygen atoms in total. The SMILES string of the molecule is CCCCNC(=O)NC(=O)COC(=O)CNC(=O)CC12CC3CC(CC(C3)C1)C2. The summed E-state index contributed by atoms with van der Waals surface area (Å²) in [7, 11) is 0. The Hall–Kier alpha value is -2.12. The number of carbonyl (C=O) groups is 4. The molecule has 0 unspecified atom stereocenters. The van der Waals surface area contributed by atoms with Crippen molar-refractivity contribution in [2.45, 2.75) is 64.7 Å². The zero-order chi connectivity index (χ0) is 20.9. The van der Waals surface area contributed by atoms with Crippen molar-refractivity contribution in [3.63, 3.8) is 0 Å². The summed E-state index contributed by atoms with van der Waals surface area (Å²) in [5.41, 5.74) is 0.119. The third kappa shape index (κ3) is 6.18. The molecule has 4 aliphatic carbocycles. The van der Waals surface area contributed by atoms with Crippen molar-refractivity contribution >= 4 is 23.8 Å². The Labute approximate surface area is 171 Å². The number of imide groups is 1. The van der Waals surface area contributed by atoms with Crippen molar-refractivity contribution in [3.05, 3.63) is 0 Å². The van der Waals surface area contributed by atoms with Gasteiger partial charge in [-0.1, -0.05) is 13.3 Å². The Morgan fingerprint density at radius 3 is 2.14 bits per heavy atom. The number of ether oxygens (including phenoxy) is 1. The minimum absolute atomic E-state index is 0.119. The average molecular weight is 408 g/mol. The molecule has 4 bridgehead atoms. The van der Waals surface area contributed by atoms with Crippen molar-refractivity contribution in [3.8, 4) is 0 Å². The first kappa shape index (κ1) is 21.6. The van der Waals surface area contributed by atoms with Gasteiger partial charge < -0.3 is 15.4 Å². The van der Waals surface area contributed by atoms with Gasteiger partial charge in [-0.05, 0) is 68.1 Å². The van der Waals surface area contributed by atoms with E-state index in [0.717, 1.165) is 49.9 Å². The lowest BCUT2D eigenvalue weighted by atomic mass is 9.49. The van der Waals surface area contributed by atoms with Crippen molar-refractivity contribution < 1.29 is 23.9 Å². The third-order valence-electron chi connectivity index (χ3n) is 6.56. The number of hydrogen-bond donors (Lipinski definition) is 3. The Morgan fingerprint density at radius 1 is 0.931 bits per heavy atom. The number of hydrogen-bond acceptors (Lipinski definition) is 5. The number of rotatable bonds is 9. The highest BCUT2D eigenvalue weighted by atomic mass is 16.5. The Bertz CT molecular complexity index is 613. The predicted molar refractivity (Wildman–Crippen MR) is 106 cm³/mol. The van der Waals surface area contributed by atoms with E-state index in [0.29, 0.717) is 13.0 Å². The number of amides is 4. The topological polar surface area (TPSA) is 114 Å². The summed E-state index contributed by atoms with van der Waals surface area (Å²) in [6.45, 7) is 1.66. The molecule has 162 valence electrons. The van der Waals surface area contributed by atoms with Crippen LogP contribution in [0.2, 0.25) is 0 Å². The van der Waals surface area contributed by atoms with E-state index < -0.39 is 24.5 Å². The van der Waals surface area contributed by atoms with Crippen molar-refractivity contribution in [2.24, 2.45) is 23.2 Å². The van der Waals surface area contributed by atoms with E-state index >= 15 is 0 Å². The first-order valence-electron chi connectivity index (χ1n) is 10.9. The molecule has 4 fully saturated rings. The van der Waals surface area contributed by atoms with Crippen LogP contribution in [0.15, 0.2) is 0 Å². The molecule has 4 rings (SSSR count). The van der Waals surface area contributed by atoms with Gasteiger partial charge in [0.05, 0.1) is 0 Å². The van der Waals surface area contributed by atoms with Gasteiger partial charge in [-0.3, -0.25) is 19.7 Å². The van der Waals surface area contributed by atoms with Gasteiger partial charge in [-0.25, -0.2) is 4.79 Å². The van der Waals surface area contributed by atoms with Gasteiger partial charge in [0.15, 0.2) is 6.61 Å². The second-order valence-corrected chi connectivity index (χ2v) is 9.19. The van der Waals surface area contributed by atoms with E-state index in [1.165, 1.54) is 19.3 Å². The maximum atomic E-state index is 12.4. The summed E-state index contributed by atoms with van der Waals surface area (Å²) in [4.78, 5) is 47.2. The van der Waals surface area contributed by atoms with Crippen LogP contribution in [0.3, 0.4) is 0 Å². The van der Waals surface area contributed by atoms with Gasteiger partial charge in [-0.2, -0.15) is 0 Å². The van der Waals surface area contributed by atoms with Gasteiger partial charge in [0.1, 0.15) is 6.54 Å². The first-order chi connectivity index (χ1) is 13.9. The van der Waals surface area contributed by atoms with Crippen LogP contribution in [-0.4, -0.2) is 43.5 Å². The Morgan fingerprint density at radius 2 is 1.55 bits per heavy atom. The monoisotopic (exact) mass is 407 g/mol. The summed E-state index contributed by atoms with van der Waals surface area (Å²) in [5.74, 6) is 0.811. The van der Waals surface area contributed by atoms with E-state index in [9.17, 15) is 19.2 Å². The molecule has 0 saturated heterocycles. The van der Waals surface area contributed by atoms with Crippen molar-refractivity contribution in [2.75, 3.05) is 19.7 Å². The molecule has 0 spiro atoms. The zero-order valence-corrected chi connectivity index (χ0v) is 17.3. The van der Waals surface area contributed by atoms with E-state index in [1.54, 1.807) is 0 Å². The highest BCUT2D eigenvalue weighted by Gasteiger charge is 2.51. The quantitative estimate of drug-likeness (QED) is 0.399. The van der Waals surface area contributed by atoms with Gasteiger partial charge in [0.2, 0.25) is 5.91 Å². The van der Waals surface area contributed by atoms with Crippen molar-refractivity contribution in [1.82, 2.24) is 16.0 Å². The van der Waals surface area contributed by atoms with Crippen LogP contribution < -0.4 is 16.0 Å². The lowest BCUT2D eigenvalue weighted by molar-refractivity contribution is -0.148. The maximum absolute atomic E-state index is 12.4. The van der Waals surface area contributed by atoms with Crippen LogP contribution in [0.1, 0.15) is 64.7 Å². The van der Waals surface area contributed by atoms with Crippen molar-refractivity contribution in [1.29, 1.82) is 0 Å². The fourth-order valence-corrected chi connectivity index (χ4v) is 5.86. The number of nitrogens with one attached hydrogen (secondary N) is 3. The molecule has 0 aromatic heterocycles. The van der Waals surface area contributed by atoms with E-state index in [4.69, 9.17) is 4.74 Å². The summed E-state index contributed by atoms with van der Waals surface area (Å²) >= 11 is 0. The van der Waals surface area contributed by atoms with Gasteiger partial charge in [-0.15, -0.1) is 0 Å². The number of esters is 1. The molecule has 8 heteroatoms. The average Bonchev–Trinajstić information content (AvgIpc) is 2.63. The van der Waals surface area contributed by atoms with Crippen LogP contribution >= 0.6 is 0 Å². The minimum Gasteiger partial charge on any atom is -0.454 e. The van der Waals surface area contributed by atoms with Gasteiger partial charge in [0.25, 0.3) is 5.91 Å². The lowest BCUT2D eigenvalue weighted by Gasteiger charge is -2.56. The molecule has 29 heavy (non-hydrogen) atoms.